The molecule has 2 N–H and O–H groups in total. The lowest BCUT2D eigenvalue weighted by molar-refractivity contribution is 0.759. The van der Waals surface area contributed by atoms with Crippen molar-refractivity contribution in [3.63, 3.8) is 0 Å². The van der Waals surface area contributed by atoms with Gasteiger partial charge in [0.1, 0.15) is 5.82 Å². The second kappa shape index (κ2) is 3.14. The predicted octanol–water partition coefficient (Wildman–Crippen LogP) is 0.999. The average molecular weight is 189 g/mol. The van der Waals surface area contributed by atoms with E-state index in [1.807, 2.05) is 6.92 Å². The van der Waals surface area contributed by atoms with Gasteiger partial charge in [0, 0.05) is 30.3 Å². The summed E-state index contributed by atoms with van der Waals surface area (Å²) >= 11 is 0. The van der Waals surface area contributed by atoms with Crippen molar-refractivity contribution in [3.05, 3.63) is 34.7 Å². The summed E-state index contributed by atoms with van der Waals surface area (Å²) in [5, 5.41) is 0.931. The summed E-state index contributed by atoms with van der Waals surface area (Å²) in [6, 6.07) is 5.03. The molecular weight excluding hydrogens is 178 g/mol. The topological polar surface area (TPSA) is 60.9 Å². The van der Waals surface area contributed by atoms with Gasteiger partial charge in [-0.15, -0.1) is 0 Å². The van der Waals surface area contributed by atoms with Crippen LogP contribution in [0.1, 0.15) is 6.92 Å². The summed E-state index contributed by atoms with van der Waals surface area (Å²) in [6.45, 7) is 2.57. The van der Waals surface area contributed by atoms with Crippen LogP contribution < -0.4 is 11.3 Å². The Morgan fingerprint density at radius 3 is 3.00 bits per heavy atom. The van der Waals surface area contributed by atoms with Crippen LogP contribution in [-0.2, 0) is 6.54 Å². The first-order chi connectivity index (χ1) is 6.72. The molecule has 0 fully saturated rings. The van der Waals surface area contributed by atoms with E-state index in [1.54, 1.807) is 29.0 Å². The molecule has 2 heterocycles. The fraction of sp³-hybridized carbons (Fsp3) is 0.200. The van der Waals surface area contributed by atoms with Crippen molar-refractivity contribution in [2.75, 3.05) is 5.73 Å². The van der Waals surface area contributed by atoms with Crippen LogP contribution in [0, 0.1) is 0 Å². The first kappa shape index (κ1) is 8.74. The molecule has 0 saturated heterocycles. The maximum absolute atomic E-state index is 11.5. The van der Waals surface area contributed by atoms with Gasteiger partial charge in [0.05, 0.1) is 5.52 Å². The highest BCUT2D eigenvalue weighted by atomic mass is 16.1. The third kappa shape index (κ3) is 1.25. The summed E-state index contributed by atoms with van der Waals surface area (Å²) in [7, 11) is 0. The zero-order valence-electron chi connectivity index (χ0n) is 7.90. The quantitative estimate of drug-likeness (QED) is 0.728. The molecule has 0 spiro atoms. The maximum atomic E-state index is 11.5. The van der Waals surface area contributed by atoms with Crippen LogP contribution in [0.15, 0.2) is 29.2 Å². The van der Waals surface area contributed by atoms with Gasteiger partial charge in [0.15, 0.2) is 0 Å². The maximum Gasteiger partial charge on any atom is 0.251 e. The van der Waals surface area contributed by atoms with Crippen molar-refractivity contribution in [1.82, 2.24) is 9.55 Å². The molecule has 0 radical (unpaired) electrons. The number of nitrogen functional groups attached to an aromatic ring is 1. The van der Waals surface area contributed by atoms with Crippen molar-refractivity contribution in [2.45, 2.75) is 13.5 Å². The molecule has 4 nitrogen and oxygen atoms in total. The van der Waals surface area contributed by atoms with E-state index in [0.717, 1.165) is 10.9 Å². The summed E-state index contributed by atoms with van der Waals surface area (Å²) in [4.78, 5) is 15.5. The molecule has 0 aliphatic carbocycles. The summed E-state index contributed by atoms with van der Waals surface area (Å²) in [5.41, 5.74) is 6.40. The predicted molar refractivity (Wildman–Crippen MR) is 56.1 cm³/mol. The normalized spacial score (nSPS) is 10.6. The SMILES string of the molecule is CCn1c(=O)ccc2cnc(N)cc21. The highest BCUT2D eigenvalue weighted by Gasteiger charge is 2.01. The first-order valence-corrected chi connectivity index (χ1v) is 4.47. The number of nitrogens with two attached hydrogens (primary N) is 1. The molecule has 0 aromatic carbocycles. The lowest BCUT2D eigenvalue weighted by Crippen LogP contribution is -2.18. The Hall–Kier alpha value is -1.84. The summed E-state index contributed by atoms with van der Waals surface area (Å²) in [6.07, 6.45) is 1.68. The Balaban J connectivity index is 2.91. The van der Waals surface area contributed by atoms with Crippen LogP contribution in [0.2, 0.25) is 0 Å². The summed E-state index contributed by atoms with van der Waals surface area (Å²) in [5.74, 6) is 0.435. The molecule has 2 aromatic rings. The van der Waals surface area contributed by atoms with Crippen molar-refractivity contribution in [3.8, 4) is 0 Å². The number of hydrogen-bond donors (Lipinski definition) is 1. The molecule has 72 valence electrons. The van der Waals surface area contributed by atoms with Crippen molar-refractivity contribution in [2.24, 2.45) is 0 Å². The second-order valence-electron chi connectivity index (χ2n) is 3.08. The minimum Gasteiger partial charge on any atom is -0.384 e. The molecule has 2 aromatic heterocycles. The third-order valence-corrected chi connectivity index (χ3v) is 2.21. The highest BCUT2D eigenvalue weighted by molar-refractivity contribution is 5.80. The molecule has 0 unspecified atom stereocenters. The third-order valence-electron chi connectivity index (χ3n) is 2.21. The van der Waals surface area contributed by atoms with Gasteiger partial charge in [-0.1, -0.05) is 0 Å². The number of aromatic nitrogens is 2. The van der Waals surface area contributed by atoms with E-state index in [0.29, 0.717) is 12.4 Å². The number of fused-ring (bicyclic) bond motifs is 1. The van der Waals surface area contributed by atoms with Crippen LogP contribution in [0.5, 0.6) is 0 Å². The average Bonchev–Trinajstić information content (AvgIpc) is 2.17. The number of hydrogen-bond acceptors (Lipinski definition) is 3. The van der Waals surface area contributed by atoms with Crippen LogP contribution in [0.3, 0.4) is 0 Å². The van der Waals surface area contributed by atoms with E-state index in [9.17, 15) is 4.79 Å². The van der Waals surface area contributed by atoms with Gasteiger partial charge in [0.2, 0.25) is 0 Å². The Bertz CT molecular complexity index is 530. The molecular formula is C10H11N3O. The molecule has 0 atom stereocenters. The minimum atomic E-state index is -0.00870. The van der Waals surface area contributed by atoms with Gasteiger partial charge in [0.25, 0.3) is 5.56 Å². The van der Waals surface area contributed by atoms with Crippen LogP contribution in [0.4, 0.5) is 5.82 Å². The number of nitrogens with zero attached hydrogens (tertiary/aromatic N) is 2. The summed E-state index contributed by atoms with van der Waals surface area (Å²) < 4.78 is 1.67. The smallest absolute Gasteiger partial charge is 0.251 e. The Morgan fingerprint density at radius 2 is 2.29 bits per heavy atom. The van der Waals surface area contributed by atoms with Gasteiger partial charge in [-0.3, -0.25) is 4.79 Å². The van der Waals surface area contributed by atoms with E-state index in [1.165, 1.54) is 0 Å². The van der Waals surface area contributed by atoms with Gasteiger partial charge in [-0.05, 0) is 13.0 Å². The zero-order valence-corrected chi connectivity index (χ0v) is 7.90. The Labute approximate surface area is 81.0 Å². The standard InChI is InChI=1S/C10H11N3O/c1-2-13-8-5-9(11)12-6-7(8)3-4-10(13)14/h3-6H,2H2,1H3,(H2,11,12). The van der Waals surface area contributed by atoms with Crippen LogP contribution in [0.25, 0.3) is 10.9 Å². The van der Waals surface area contributed by atoms with E-state index in [-0.39, 0.29) is 5.56 Å². The van der Waals surface area contributed by atoms with Crippen molar-refractivity contribution < 1.29 is 0 Å². The van der Waals surface area contributed by atoms with E-state index in [4.69, 9.17) is 5.73 Å². The Morgan fingerprint density at radius 1 is 1.50 bits per heavy atom. The fourth-order valence-corrected chi connectivity index (χ4v) is 1.53. The highest BCUT2D eigenvalue weighted by Crippen LogP contribution is 2.12. The van der Waals surface area contributed by atoms with Gasteiger partial charge >= 0.3 is 0 Å². The molecule has 0 aliphatic rings. The second-order valence-corrected chi connectivity index (χ2v) is 3.08. The molecule has 0 amide bonds. The number of anilines is 1. The lowest BCUT2D eigenvalue weighted by atomic mass is 10.2. The van der Waals surface area contributed by atoms with E-state index >= 15 is 0 Å². The molecule has 0 aliphatic heterocycles. The minimum absolute atomic E-state index is 0.00870. The van der Waals surface area contributed by atoms with Crippen molar-refractivity contribution >= 4 is 16.7 Å². The van der Waals surface area contributed by atoms with Crippen LogP contribution in [-0.4, -0.2) is 9.55 Å². The molecule has 0 bridgehead atoms. The Kier molecular flexibility index (Phi) is 1.96. The first-order valence-electron chi connectivity index (χ1n) is 4.47. The number of pyridine rings is 2. The zero-order chi connectivity index (χ0) is 10.1. The van der Waals surface area contributed by atoms with Gasteiger partial charge < -0.3 is 10.3 Å². The van der Waals surface area contributed by atoms with Crippen molar-refractivity contribution in [1.29, 1.82) is 0 Å². The van der Waals surface area contributed by atoms with Gasteiger partial charge in [-0.25, -0.2) is 4.98 Å². The van der Waals surface area contributed by atoms with Crippen LogP contribution >= 0.6 is 0 Å². The molecule has 2 rings (SSSR count). The largest absolute Gasteiger partial charge is 0.384 e. The molecule has 4 heteroatoms. The number of aryl methyl sites for hydroxylation is 1. The number of rotatable bonds is 1. The molecule has 14 heavy (non-hydrogen) atoms. The van der Waals surface area contributed by atoms with E-state index in [2.05, 4.69) is 4.98 Å². The monoisotopic (exact) mass is 189 g/mol. The fourth-order valence-electron chi connectivity index (χ4n) is 1.53. The molecule has 0 saturated carbocycles. The van der Waals surface area contributed by atoms with E-state index < -0.39 is 0 Å². The lowest BCUT2D eigenvalue weighted by Gasteiger charge is -2.06. The van der Waals surface area contributed by atoms with Gasteiger partial charge in [-0.2, -0.15) is 0 Å².